The van der Waals surface area contributed by atoms with Gasteiger partial charge >= 0.3 is 0 Å². The van der Waals surface area contributed by atoms with Crippen LogP contribution in [0.1, 0.15) is 38.7 Å². The number of aromatic nitrogens is 4. The number of nitrogens with zero attached hydrogens (tertiary/aromatic N) is 4. The van der Waals surface area contributed by atoms with Gasteiger partial charge in [-0.15, -0.1) is 0 Å². The van der Waals surface area contributed by atoms with Gasteiger partial charge in [0.25, 0.3) is 0 Å². The Balaban J connectivity index is 2.48. The third kappa shape index (κ3) is 3.12. The summed E-state index contributed by atoms with van der Waals surface area (Å²) in [4.78, 5) is 8.74. The molecule has 0 saturated heterocycles. The number of hydrogen-bond donors (Lipinski definition) is 1. The zero-order valence-electron chi connectivity index (χ0n) is 11.4. The molecule has 0 aromatic carbocycles. The third-order valence-electron chi connectivity index (χ3n) is 2.75. The fourth-order valence-corrected chi connectivity index (χ4v) is 2.19. The second-order valence-corrected chi connectivity index (χ2v) is 5.56. The van der Waals surface area contributed by atoms with Gasteiger partial charge < -0.3 is 5.32 Å². The highest BCUT2D eigenvalue weighted by molar-refractivity contribution is 9.10. The van der Waals surface area contributed by atoms with E-state index in [1.54, 1.807) is 17.2 Å². The average Bonchev–Trinajstić information content (AvgIpc) is 2.82. The zero-order chi connectivity index (χ0) is 13.8. The summed E-state index contributed by atoms with van der Waals surface area (Å²) >= 11 is 3.41. The van der Waals surface area contributed by atoms with E-state index in [4.69, 9.17) is 0 Å². The summed E-state index contributed by atoms with van der Waals surface area (Å²) in [6, 6.07) is 0. The highest BCUT2D eigenvalue weighted by atomic mass is 79.9. The molecule has 0 amide bonds. The van der Waals surface area contributed by atoms with E-state index in [0.717, 1.165) is 34.6 Å². The molecule has 0 unspecified atom stereocenters. The Morgan fingerprint density at radius 3 is 2.74 bits per heavy atom. The first kappa shape index (κ1) is 14.0. The Morgan fingerprint density at radius 1 is 1.37 bits per heavy atom. The predicted octanol–water partition coefficient (Wildman–Crippen LogP) is 3.37. The van der Waals surface area contributed by atoms with Crippen molar-refractivity contribution in [1.82, 2.24) is 19.7 Å². The minimum Gasteiger partial charge on any atom is -0.370 e. The van der Waals surface area contributed by atoms with Crippen molar-refractivity contribution in [2.24, 2.45) is 0 Å². The van der Waals surface area contributed by atoms with E-state index in [2.05, 4.69) is 57.1 Å². The first-order chi connectivity index (χ1) is 9.13. The molecule has 2 aromatic rings. The van der Waals surface area contributed by atoms with E-state index in [0.29, 0.717) is 5.92 Å². The lowest BCUT2D eigenvalue weighted by molar-refractivity contribution is 0.771. The molecule has 0 bridgehead atoms. The minimum atomic E-state index is 0.318. The summed E-state index contributed by atoms with van der Waals surface area (Å²) in [7, 11) is 0. The monoisotopic (exact) mass is 323 g/mol. The largest absolute Gasteiger partial charge is 0.370 e. The minimum absolute atomic E-state index is 0.318. The second kappa shape index (κ2) is 6.14. The Morgan fingerprint density at radius 2 is 2.16 bits per heavy atom. The average molecular weight is 324 g/mol. The molecule has 0 aliphatic heterocycles. The van der Waals surface area contributed by atoms with Crippen LogP contribution in [0.15, 0.2) is 23.2 Å². The van der Waals surface area contributed by atoms with Gasteiger partial charge in [-0.1, -0.05) is 20.8 Å². The second-order valence-electron chi connectivity index (χ2n) is 4.64. The summed E-state index contributed by atoms with van der Waals surface area (Å²) in [5, 5.41) is 7.66. The lowest BCUT2D eigenvalue weighted by Gasteiger charge is -2.16. The van der Waals surface area contributed by atoms with Crippen molar-refractivity contribution in [2.75, 3.05) is 11.9 Å². The molecule has 1 N–H and O–H groups in total. The van der Waals surface area contributed by atoms with Gasteiger partial charge in [0.05, 0.1) is 10.7 Å². The van der Waals surface area contributed by atoms with Crippen LogP contribution < -0.4 is 5.32 Å². The van der Waals surface area contributed by atoms with Gasteiger partial charge in [-0.3, -0.25) is 0 Å². The van der Waals surface area contributed by atoms with Gasteiger partial charge in [-0.05, 0) is 28.3 Å². The van der Waals surface area contributed by atoms with Crippen LogP contribution in [-0.2, 0) is 0 Å². The molecule has 2 aromatic heterocycles. The van der Waals surface area contributed by atoms with Gasteiger partial charge in [0, 0.05) is 18.3 Å². The number of anilines is 1. The van der Waals surface area contributed by atoms with Crippen LogP contribution >= 0.6 is 15.9 Å². The maximum atomic E-state index is 4.38. The number of rotatable bonds is 5. The van der Waals surface area contributed by atoms with Crippen LogP contribution in [0.4, 0.5) is 5.82 Å². The van der Waals surface area contributed by atoms with Gasteiger partial charge in [0.2, 0.25) is 0 Å². The quantitative estimate of drug-likeness (QED) is 0.916. The molecule has 0 aliphatic carbocycles. The maximum absolute atomic E-state index is 4.38. The van der Waals surface area contributed by atoms with Crippen molar-refractivity contribution >= 4 is 21.7 Å². The Bertz CT molecular complexity index is 550. The summed E-state index contributed by atoms with van der Waals surface area (Å²) in [6.45, 7) is 7.31. The standard InChI is InChI=1S/C13H18BrN5/c1-4-5-15-12-11(9(2)3)13(17-8-16-12)19-7-10(14)6-18-19/h6-9H,4-5H2,1-3H3,(H,15,16,17). The third-order valence-corrected chi connectivity index (χ3v) is 3.16. The summed E-state index contributed by atoms with van der Waals surface area (Å²) in [5.74, 6) is 2.04. The molecular formula is C13H18BrN5. The van der Waals surface area contributed by atoms with Gasteiger partial charge in [0.15, 0.2) is 5.82 Å². The molecule has 19 heavy (non-hydrogen) atoms. The van der Waals surface area contributed by atoms with E-state index in [1.165, 1.54) is 0 Å². The predicted molar refractivity (Wildman–Crippen MR) is 79.7 cm³/mol. The molecule has 102 valence electrons. The van der Waals surface area contributed by atoms with Crippen LogP contribution in [0, 0.1) is 0 Å². The first-order valence-corrected chi connectivity index (χ1v) is 7.22. The van der Waals surface area contributed by atoms with Crippen LogP contribution in [0.25, 0.3) is 5.82 Å². The topological polar surface area (TPSA) is 55.6 Å². The highest BCUT2D eigenvalue weighted by Gasteiger charge is 2.16. The van der Waals surface area contributed by atoms with Crippen molar-refractivity contribution in [1.29, 1.82) is 0 Å². The summed E-state index contributed by atoms with van der Waals surface area (Å²) in [5.41, 5.74) is 1.09. The fourth-order valence-electron chi connectivity index (χ4n) is 1.90. The SMILES string of the molecule is CCCNc1ncnc(-n2cc(Br)cn2)c1C(C)C. The fraction of sp³-hybridized carbons (Fsp3) is 0.462. The molecule has 6 heteroatoms. The molecule has 5 nitrogen and oxygen atoms in total. The van der Waals surface area contributed by atoms with Gasteiger partial charge in [-0.25, -0.2) is 14.6 Å². The van der Waals surface area contributed by atoms with Crippen LogP contribution in [-0.4, -0.2) is 26.3 Å². The summed E-state index contributed by atoms with van der Waals surface area (Å²) < 4.78 is 2.71. The molecule has 0 aliphatic rings. The Hall–Kier alpha value is -1.43. The van der Waals surface area contributed by atoms with Crippen molar-refractivity contribution in [3.05, 3.63) is 28.8 Å². The molecule has 0 spiro atoms. The van der Waals surface area contributed by atoms with Crippen LogP contribution in [0.5, 0.6) is 0 Å². The van der Waals surface area contributed by atoms with Crippen LogP contribution in [0.3, 0.4) is 0 Å². The molecule has 0 saturated carbocycles. The normalized spacial score (nSPS) is 11.0. The first-order valence-electron chi connectivity index (χ1n) is 6.42. The van der Waals surface area contributed by atoms with E-state index < -0.39 is 0 Å². The molecule has 2 rings (SSSR count). The Labute approximate surface area is 121 Å². The lowest BCUT2D eigenvalue weighted by atomic mass is 10.0. The Kier molecular flexibility index (Phi) is 4.52. The van der Waals surface area contributed by atoms with Crippen molar-refractivity contribution < 1.29 is 0 Å². The number of hydrogen-bond acceptors (Lipinski definition) is 4. The number of halogens is 1. The number of nitrogens with one attached hydrogen (secondary N) is 1. The van der Waals surface area contributed by atoms with Gasteiger partial charge in [-0.2, -0.15) is 5.10 Å². The van der Waals surface area contributed by atoms with E-state index >= 15 is 0 Å². The smallest absolute Gasteiger partial charge is 0.162 e. The van der Waals surface area contributed by atoms with Crippen molar-refractivity contribution in [3.8, 4) is 5.82 Å². The summed E-state index contributed by atoms with van der Waals surface area (Å²) in [6.07, 6.45) is 6.29. The lowest BCUT2D eigenvalue weighted by Crippen LogP contribution is -2.12. The molecule has 0 radical (unpaired) electrons. The zero-order valence-corrected chi connectivity index (χ0v) is 13.0. The van der Waals surface area contributed by atoms with Crippen molar-refractivity contribution in [3.63, 3.8) is 0 Å². The molecule has 2 heterocycles. The van der Waals surface area contributed by atoms with E-state index in [-0.39, 0.29) is 0 Å². The molecule has 0 fully saturated rings. The highest BCUT2D eigenvalue weighted by Crippen LogP contribution is 2.27. The van der Waals surface area contributed by atoms with Crippen molar-refractivity contribution in [2.45, 2.75) is 33.1 Å². The maximum Gasteiger partial charge on any atom is 0.162 e. The van der Waals surface area contributed by atoms with Gasteiger partial charge in [0.1, 0.15) is 12.1 Å². The molecular weight excluding hydrogens is 306 g/mol. The molecule has 0 atom stereocenters. The van der Waals surface area contributed by atoms with Crippen LogP contribution in [0.2, 0.25) is 0 Å². The van der Waals surface area contributed by atoms with E-state index in [9.17, 15) is 0 Å². The van der Waals surface area contributed by atoms with E-state index in [1.807, 2.05) is 6.20 Å².